The number of hydrogen-bond acceptors (Lipinski definition) is 6. The molecule has 7 heteroatoms. The van der Waals surface area contributed by atoms with E-state index in [2.05, 4.69) is 22.4 Å². The summed E-state index contributed by atoms with van der Waals surface area (Å²) in [6.45, 7) is 5.65. The number of nitrogens with one attached hydrogen (secondary N) is 1. The molecule has 2 aromatic carbocycles. The molecule has 4 fully saturated rings. The number of nitrogens with zero attached hydrogens (tertiary/aromatic N) is 4. The Bertz CT molecular complexity index is 1440. The Labute approximate surface area is 212 Å². The highest BCUT2D eigenvalue weighted by molar-refractivity contribution is 5.94. The molecular weight excluding hydrogens is 450 g/mol. The number of anilines is 2. The minimum absolute atomic E-state index is 0.126. The first kappa shape index (κ1) is 21.6. The fourth-order valence-corrected chi connectivity index (χ4v) is 6.53. The molecule has 0 spiro atoms. The Morgan fingerprint density at radius 1 is 1.25 bits per heavy atom. The summed E-state index contributed by atoms with van der Waals surface area (Å²) in [7, 11) is 0. The van der Waals surface area contributed by atoms with Gasteiger partial charge in [0.05, 0.1) is 22.6 Å². The van der Waals surface area contributed by atoms with Gasteiger partial charge in [0.25, 0.3) is 0 Å². The summed E-state index contributed by atoms with van der Waals surface area (Å²) in [6.07, 6.45) is 5.30. The lowest BCUT2D eigenvalue weighted by Crippen LogP contribution is -2.58. The van der Waals surface area contributed by atoms with E-state index in [-0.39, 0.29) is 17.5 Å². The molecule has 0 unspecified atom stereocenters. The largest absolute Gasteiger partial charge is 0.478 e. The first-order valence-electron chi connectivity index (χ1n) is 13.3. The normalized spacial score (nSPS) is 26.4. The predicted molar refractivity (Wildman–Crippen MR) is 139 cm³/mol. The number of aromatic carboxylic acids is 1. The van der Waals surface area contributed by atoms with Gasteiger partial charge in [-0.2, -0.15) is 5.26 Å². The molecule has 184 valence electrons. The van der Waals surface area contributed by atoms with Gasteiger partial charge < -0.3 is 15.3 Å². The lowest BCUT2D eigenvalue weighted by Gasteiger charge is -2.66. The average molecular weight is 483 g/mol. The first-order chi connectivity index (χ1) is 17.7. The number of aryl methyl sites for hydroxylation is 1. The molecule has 7 rings (SSSR count). The number of piperidine rings is 1. The molecule has 3 aliphatic carbocycles. The SMILES string of the molecule is [2H]C12CC(C3CCN(c4nc5c([C@@H](C)Nc6ccccc6C(=O)O)cc(C)cc5nc4C#N)CC3)(C1)C2. The Morgan fingerprint density at radius 2 is 1.97 bits per heavy atom. The summed E-state index contributed by atoms with van der Waals surface area (Å²) in [5.41, 5.74) is 4.81. The van der Waals surface area contributed by atoms with E-state index in [9.17, 15) is 15.2 Å². The van der Waals surface area contributed by atoms with Crippen LogP contribution in [0.1, 0.15) is 73.6 Å². The lowest BCUT2D eigenvalue weighted by atomic mass is 9.39. The highest BCUT2D eigenvalue weighted by atomic mass is 16.4. The number of carbonyl (C=O) groups is 1. The quantitative estimate of drug-likeness (QED) is 0.465. The maximum Gasteiger partial charge on any atom is 0.337 e. The van der Waals surface area contributed by atoms with Gasteiger partial charge in [-0.15, -0.1) is 0 Å². The minimum atomic E-state index is -0.981. The van der Waals surface area contributed by atoms with Gasteiger partial charge in [-0.1, -0.05) is 18.2 Å². The predicted octanol–water partition coefficient (Wildman–Crippen LogP) is 5.70. The van der Waals surface area contributed by atoms with E-state index in [1.165, 1.54) is 0 Å². The number of para-hydroxylation sites is 1. The maximum absolute atomic E-state index is 11.7. The molecule has 2 N–H and O–H groups in total. The van der Waals surface area contributed by atoms with Gasteiger partial charge in [0.2, 0.25) is 0 Å². The number of nitriles is 1. The summed E-state index contributed by atoms with van der Waals surface area (Å²) < 4.78 is 8.26. The van der Waals surface area contributed by atoms with Crippen molar-refractivity contribution in [3.05, 3.63) is 58.8 Å². The number of hydrogen-bond donors (Lipinski definition) is 2. The van der Waals surface area contributed by atoms with Crippen LogP contribution in [-0.4, -0.2) is 34.1 Å². The summed E-state index contributed by atoms with van der Waals surface area (Å²) >= 11 is 0. The van der Waals surface area contributed by atoms with Crippen LogP contribution in [-0.2, 0) is 0 Å². The number of carboxylic acids is 1. The average Bonchev–Trinajstić information content (AvgIpc) is 2.85. The third-order valence-electron chi connectivity index (χ3n) is 8.49. The molecule has 1 aliphatic heterocycles. The third kappa shape index (κ3) is 3.67. The second kappa shape index (κ2) is 8.48. The minimum Gasteiger partial charge on any atom is -0.478 e. The lowest BCUT2D eigenvalue weighted by molar-refractivity contribution is -0.156. The van der Waals surface area contributed by atoms with Crippen LogP contribution in [0.5, 0.6) is 0 Å². The number of carboxylic acid groups (broad SMARTS) is 1. The number of rotatable bonds is 6. The molecule has 1 saturated heterocycles. The maximum atomic E-state index is 11.7. The standard InChI is InChI=1S/C29H31N5O2/c1-17-11-22(18(2)31-23-6-4-3-5-21(23)28(35)36)26-24(12-17)32-25(16-30)27(33-26)34-9-7-20(8-10-34)29-13-19(14-29)15-29/h3-6,11-12,18-20,31H,7-10,13-15H2,1-2H3,(H,35,36)/t18-,19?,29?/m1/s1/i19D. The van der Waals surface area contributed by atoms with E-state index in [4.69, 9.17) is 11.3 Å². The van der Waals surface area contributed by atoms with Crippen LogP contribution in [0.3, 0.4) is 0 Å². The molecule has 2 bridgehead atoms. The first-order valence-corrected chi connectivity index (χ1v) is 12.8. The fourth-order valence-electron chi connectivity index (χ4n) is 6.53. The van der Waals surface area contributed by atoms with Gasteiger partial charge in [0.1, 0.15) is 6.07 Å². The van der Waals surface area contributed by atoms with Crippen molar-refractivity contribution in [1.29, 1.82) is 5.26 Å². The fraction of sp³-hybridized carbons (Fsp3) is 0.448. The molecule has 3 saturated carbocycles. The number of aromatic nitrogens is 2. The highest BCUT2D eigenvalue weighted by Crippen LogP contribution is 2.69. The van der Waals surface area contributed by atoms with E-state index in [1.54, 1.807) is 18.2 Å². The summed E-state index contributed by atoms with van der Waals surface area (Å²) in [5.74, 6) is 0.183. The number of fused-ring (bicyclic) bond motifs is 1. The van der Waals surface area contributed by atoms with Crippen molar-refractivity contribution in [3.8, 4) is 6.07 Å². The Balaban J connectivity index is 1.31. The van der Waals surface area contributed by atoms with Crippen LogP contribution in [0.2, 0.25) is 0 Å². The van der Waals surface area contributed by atoms with Gasteiger partial charge in [-0.05, 0) is 86.9 Å². The molecule has 3 aromatic rings. The van der Waals surface area contributed by atoms with E-state index in [0.29, 0.717) is 34.0 Å². The van der Waals surface area contributed by atoms with Crippen molar-refractivity contribution in [2.45, 2.75) is 52.0 Å². The smallest absolute Gasteiger partial charge is 0.337 e. The Hall–Kier alpha value is -3.66. The third-order valence-corrected chi connectivity index (χ3v) is 8.49. The summed E-state index contributed by atoms with van der Waals surface area (Å²) in [6, 6.07) is 12.9. The van der Waals surface area contributed by atoms with Crippen molar-refractivity contribution in [3.63, 3.8) is 0 Å². The molecule has 0 amide bonds. The van der Waals surface area contributed by atoms with Crippen LogP contribution in [0.4, 0.5) is 11.5 Å². The van der Waals surface area contributed by atoms with Crippen molar-refractivity contribution in [2.24, 2.45) is 17.2 Å². The zero-order valence-corrected chi connectivity index (χ0v) is 20.7. The molecule has 36 heavy (non-hydrogen) atoms. The Morgan fingerprint density at radius 3 is 2.64 bits per heavy atom. The van der Waals surface area contributed by atoms with Gasteiger partial charge in [-0.25, -0.2) is 14.8 Å². The zero-order chi connectivity index (χ0) is 25.9. The van der Waals surface area contributed by atoms with Crippen molar-refractivity contribution in [1.82, 2.24) is 9.97 Å². The van der Waals surface area contributed by atoms with E-state index in [1.807, 2.05) is 26.0 Å². The van der Waals surface area contributed by atoms with Crippen LogP contribution < -0.4 is 10.2 Å². The van der Waals surface area contributed by atoms with E-state index < -0.39 is 5.97 Å². The molecule has 1 aromatic heterocycles. The van der Waals surface area contributed by atoms with E-state index >= 15 is 0 Å². The second-order valence-corrected chi connectivity index (χ2v) is 10.9. The Kier molecular flexibility index (Phi) is 5.09. The van der Waals surface area contributed by atoms with E-state index in [0.717, 1.165) is 61.8 Å². The zero-order valence-electron chi connectivity index (χ0n) is 21.7. The van der Waals surface area contributed by atoms with Gasteiger partial charge in [0.15, 0.2) is 11.5 Å². The topological polar surface area (TPSA) is 102 Å². The highest BCUT2D eigenvalue weighted by Gasteiger charge is 2.60. The van der Waals surface area contributed by atoms with Crippen LogP contribution in [0.15, 0.2) is 36.4 Å². The van der Waals surface area contributed by atoms with Crippen molar-refractivity contribution >= 4 is 28.5 Å². The second-order valence-electron chi connectivity index (χ2n) is 10.9. The monoisotopic (exact) mass is 482 g/mol. The van der Waals surface area contributed by atoms with Gasteiger partial charge >= 0.3 is 5.97 Å². The molecule has 2 heterocycles. The summed E-state index contributed by atoms with van der Waals surface area (Å²) in [4.78, 5) is 23.7. The molecule has 0 radical (unpaired) electrons. The van der Waals surface area contributed by atoms with Gasteiger partial charge in [-0.3, -0.25) is 0 Å². The van der Waals surface area contributed by atoms with Crippen LogP contribution in [0.25, 0.3) is 11.0 Å². The molecule has 7 nitrogen and oxygen atoms in total. The summed E-state index contributed by atoms with van der Waals surface area (Å²) in [5, 5.41) is 22.9. The van der Waals surface area contributed by atoms with Gasteiger partial charge in [0, 0.05) is 25.7 Å². The van der Waals surface area contributed by atoms with Crippen molar-refractivity contribution < 1.29 is 11.3 Å². The molecule has 1 atom stereocenters. The number of benzene rings is 2. The molecule has 4 aliphatic rings. The van der Waals surface area contributed by atoms with Crippen LogP contribution >= 0.6 is 0 Å². The van der Waals surface area contributed by atoms with Crippen LogP contribution in [0, 0.1) is 35.5 Å². The molecular formula is C29H31N5O2. The van der Waals surface area contributed by atoms with Crippen molar-refractivity contribution in [2.75, 3.05) is 23.3 Å².